The normalized spacial score (nSPS) is 26.0. The molecule has 1 saturated carbocycles. The minimum Gasteiger partial charge on any atom is -0.338 e. The van der Waals surface area contributed by atoms with E-state index < -0.39 is 6.04 Å². The third-order valence-corrected chi connectivity index (χ3v) is 6.26. The van der Waals surface area contributed by atoms with E-state index in [2.05, 4.69) is 24.4 Å². The maximum atomic E-state index is 13.0. The van der Waals surface area contributed by atoms with Crippen LogP contribution in [0.25, 0.3) is 0 Å². The number of amides is 5. The van der Waals surface area contributed by atoms with Crippen LogP contribution in [0.1, 0.15) is 50.5 Å². The van der Waals surface area contributed by atoms with Crippen LogP contribution >= 0.6 is 0 Å². The molecule has 3 aliphatic rings. The predicted molar refractivity (Wildman–Crippen MR) is 109 cm³/mol. The van der Waals surface area contributed by atoms with Gasteiger partial charge in [-0.3, -0.25) is 9.69 Å². The standard InChI is InChI=1S/C22H30N4O3/c1-2-3-4-8-11-23-21(28)24-12-13-25-19(15-24)20(27)26(22(25)29)18-14-17(18)16-9-6-5-7-10-16/h5-7,9-10,17-19H,2-4,8,11-15H2,1H3,(H,23,28). The summed E-state index contributed by atoms with van der Waals surface area (Å²) in [6.45, 7) is 3.98. The van der Waals surface area contributed by atoms with Crippen LogP contribution in [0.2, 0.25) is 0 Å². The number of carbonyl (C=O) groups is 3. The minimum absolute atomic E-state index is 0.0520. The number of hydrogen-bond donors (Lipinski definition) is 1. The van der Waals surface area contributed by atoms with Crippen LogP contribution in [0.5, 0.6) is 0 Å². The third kappa shape index (κ3) is 3.95. The van der Waals surface area contributed by atoms with E-state index >= 15 is 0 Å². The molecule has 5 amide bonds. The van der Waals surface area contributed by atoms with Gasteiger partial charge in [0.05, 0.1) is 6.54 Å². The van der Waals surface area contributed by atoms with Crippen molar-refractivity contribution in [3.8, 4) is 0 Å². The Hall–Kier alpha value is -2.57. The molecule has 0 bridgehead atoms. The van der Waals surface area contributed by atoms with Crippen LogP contribution in [0.4, 0.5) is 9.59 Å². The fraction of sp³-hybridized carbons (Fsp3) is 0.591. The number of piperazine rings is 1. The monoisotopic (exact) mass is 398 g/mol. The van der Waals surface area contributed by atoms with E-state index in [0.29, 0.717) is 19.6 Å². The Morgan fingerprint density at radius 2 is 1.90 bits per heavy atom. The topological polar surface area (TPSA) is 73.0 Å². The molecule has 2 aliphatic heterocycles. The number of imide groups is 1. The van der Waals surface area contributed by atoms with Gasteiger partial charge in [0, 0.05) is 31.6 Å². The first kappa shape index (κ1) is 19.7. The summed E-state index contributed by atoms with van der Waals surface area (Å²) in [6, 6.07) is 9.13. The minimum atomic E-state index is -0.542. The highest BCUT2D eigenvalue weighted by Gasteiger charge is 2.56. The predicted octanol–water partition coefficient (Wildman–Crippen LogP) is 2.78. The summed E-state index contributed by atoms with van der Waals surface area (Å²) < 4.78 is 0. The molecule has 7 nitrogen and oxygen atoms in total. The van der Waals surface area contributed by atoms with E-state index in [0.717, 1.165) is 25.7 Å². The van der Waals surface area contributed by atoms with Crippen molar-refractivity contribution in [1.82, 2.24) is 20.0 Å². The summed E-state index contributed by atoms with van der Waals surface area (Å²) in [5, 5.41) is 2.95. The molecule has 7 heteroatoms. The molecule has 156 valence electrons. The molecule has 2 saturated heterocycles. The van der Waals surface area contributed by atoms with E-state index in [4.69, 9.17) is 0 Å². The smallest absolute Gasteiger partial charge is 0.327 e. The van der Waals surface area contributed by atoms with Crippen LogP contribution < -0.4 is 5.32 Å². The van der Waals surface area contributed by atoms with Crippen molar-refractivity contribution in [3.63, 3.8) is 0 Å². The molecule has 0 radical (unpaired) electrons. The lowest BCUT2D eigenvalue weighted by Gasteiger charge is -2.35. The second kappa shape index (κ2) is 8.43. The van der Waals surface area contributed by atoms with Gasteiger partial charge >= 0.3 is 12.1 Å². The summed E-state index contributed by atoms with van der Waals surface area (Å²) in [6.07, 6.45) is 5.24. The molecule has 2 heterocycles. The van der Waals surface area contributed by atoms with Gasteiger partial charge in [0.25, 0.3) is 5.91 Å². The molecule has 3 fully saturated rings. The van der Waals surface area contributed by atoms with E-state index in [9.17, 15) is 14.4 Å². The molecular formula is C22H30N4O3. The van der Waals surface area contributed by atoms with Crippen LogP contribution in [0.3, 0.4) is 0 Å². The zero-order valence-electron chi connectivity index (χ0n) is 17.0. The van der Waals surface area contributed by atoms with Crippen LogP contribution in [-0.4, -0.2) is 70.9 Å². The first-order valence-electron chi connectivity index (χ1n) is 10.8. The SMILES string of the molecule is CCCCCCNC(=O)N1CCN2C(=O)N(C3CC3c3ccccc3)C(=O)C2C1. The first-order chi connectivity index (χ1) is 14.1. The maximum Gasteiger partial charge on any atom is 0.327 e. The van der Waals surface area contributed by atoms with Gasteiger partial charge in [0.1, 0.15) is 6.04 Å². The van der Waals surface area contributed by atoms with Crippen molar-refractivity contribution in [2.45, 2.75) is 57.0 Å². The Kier molecular flexibility index (Phi) is 5.74. The Morgan fingerprint density at radius 1 is 1.10 bits per heavy atom. The Labute approximate surface area is 172 Å². The summed E-state index contributed by atoms with van der Waals surface area (Å²) in [5.41, 5.74) is 1.17. The Balaban J connectivity index is 1.33. The zero-order chi connectivity index (χ0) is 20.4. The molecule has 4 rings (SSSR count). The molecule has 1 aromatic rings. The average Bonchev–Trinajstić information content (AvgIpc) is 3.49. The molecule has 3 atom stereocenters. The lowest BCUT2D eigenvalue weighted by atomic mass is 10.1. The highest BCUT2D eigenvalue weighted by molar-refractivity contribution is 6.05. The largest absolute Gasteiger partial charge is 0.338 e. The highest BCUT2D eigenvalue weighted by atomic mass is 16.2. The van der Waals surface area contributed by atoms with Gasteiger partial charge in [-0.05, 0) is 18.4 Å². The summed E-state index contributed by atoms with van der Waals surface area (Å²) in [7, 11) is 0. The van der Waals surface area contributed by atoms with Gasteiger partial charge in [0.2, 0.25) is 0 Å². The van der Waals surface area contributed by atoms with Crippen LogP contribution in [-0.2, 0) is 4.79 Å². The lowest BCUT2D eigenvalue weighted by molar-refractivity contribution is -0.129. The molecule has 0 spiro atoms. The number of benzene rings is 1. The Morgan fingerprint density at radius 3 is 2.66 bits per heavy atom. The van der Waals surface area contributed by atoms with Crippen molar-refractivity contribution < 1.29 is 14.4 Å². The number of rotatable bonds is 7. The summed E-state index contributed by atoms with van der Waals surface area (Å²) >= 11 is 0. The number of carbonyl (C=O) groups excluding carboxylic acids is 3. The quantitative estimate of drug-likeness (QED) is 0.567. The molecule has 1 aliphatic carbocycles. The summed E-state index contributed by atoms with van der Waals surface area (Å²) in [4.78, 5) is 43.1. The fourth-order valence-electron chi connectivity index (χ4n) is 4.49. The average molecular weight is 399 g/mol. The summed E-state index contributed by atoms with van der Waals surface area (Å²) in [5.74, 6) is 0.0758. The van der Waals surface area contributed by atoms with E-state index in [1.807, 2.05) is 18.2 Å². The van der Waals surface area contributed by atoms with Crippen molar-refractivity contribution in [3.05, 3.63) is 35.9 Å². The number of nitrogens with one attached hydrogen (secondary N) is 1. The van der Waals surface area contributed by atoms with E-state index in [1.165, 1.54) is 16.9 Å². The van der Waals surface area contributed by atoms with Gasteiger partial charge < -0.3 is 15.1 Å². The van der Waals surface area contributed by atoms with Gasteiger partial charge in [-0.2, -0.15) is 0 Å². The highest BCUT2D eigenvalue weighted by Crippen LogP contribution is 2.46. The van der Waals surface area contributed by atoms with Gasteiger partial charge in [-0.1, -0.05) is 56.5 Å². The number of nitrogens with zero attached hydrogens (tertiary/aromatic N) is 3. The van der Waals surface area contributed by atoms with E-state index in [-0.39, 0.29) is 36.5 Å². The van der Waals surface area contributed by atoms with Crippen molar-refractivity contribution in [2.75, 3.05) is 26.2 Å². The molecule has 1 N–H and O–H groups in total. The first-order valence-corrected chi connectivity index (χ1v) is 10.8. The molecule has 0 aromatic heterocycles. The maximum absolute atomic E-state index is 13.0. The fourth-order valence-corrected chi connectivity index (χ4v) is 4.49. The molecular weight excluding hydrogens is 368 g/mol. The Bertz CT molecular complexity index is 769. The number of urea groups is 2. The second-order valence-electron chi connectivity index (χ2n) is 8.26. The second-order valence-corrected chi connectivity index (χ2v) is 8.26. The van der Waals surface area contributed by atoms with Crippen molar-refractivity contribution >= 4 is 18.0 Å². The number of unbranched alkanes of at least 4 members (excludes halogenated alkanes) is 3. The van der Waals surface area contributed by atoms with Crippen LogP contribution in [0, 0.1) is 0 Å². The molecule has 3 unspecified atom stereocenters. The van der Waals surface area contributed by atoms with E-state index in [1.54, 1.807) is 9.80 Å². The molecule has 29 heavy (non-hydrogen) atoms. The van der Waals surface area contributed by atoms with Crippen molar-refractivity contribution in [1.29, 1.82) is 0 Å². The van der Waals surface area contributed by atoms with Crippen molar-refractivity contribution in [2.24, 2.45) is 0 Å². The van der Waals surface area contributed by atoms with Crippen LogP contribution in [0.15, 0.2) is 30.3 Å². The number of fused-ring (bicyclic) bond motifs is 1. The lowest BCUT2D eigenvalue weighted by Crippen LogP contribution is -2.56. The van der Waals surface area contributed by atoms with Gasteiger partial charge in [0.15, 0.2) is 0 Å². The third-order valence-electron chi connectivity index (χ3n) is 6.26. The number of hydrogen-bond acceptors (Lipinski definition) is 3. The zero-order valence-corrected chi connectivity index (χ0v) is 17.0. The van der Waals surface area contributed by atoms with Gasteiger partial charge in [-0.15, -0.1) is 0 Å². The molecule has 1 aromatic carbocycles. The van der Waals surface area contributed by atoms with Gasteiger partial charge in [-0.25, -0.2) is 9.59 Å².